The lowest BCUT2D eigenvalue weighted by Gasteiger charge is -2.37. The molecule has 234 valence electrons. The van der Waals surface area contributed by atoms with E-state index in [2.05, 4.69) is 31.1 Å². The lowest BCUT2D eigenvalue weighted by Crippen LogP contribution is -2.61. The molecular formula is C28H31ClF3N9O3. The number of aromatic amines is 1. The highest BCUT2D eigenvalue weighted by Gasteiger charge is 2.41. The molecular weight excluding hydrogens is 603 g/mol. The molecule has 2 aliphatic heterocycles. The summed E-state index contributed by atoms with van der Waals surface area (Å²) in [6.45, 7) is 2.97. The summed E-state index contributed by atoms with van der Waals surface area (Å²) in [5.74, 6) is -1.14. The van der Waals surface area contributed by atoms with Gasteiger partial charge in [-0.1, -0.05) is 18.0 Å². The van der Waals surface area contributed by atoms with E-state index in [1.54, 1.807) is 9.80 Å². The minimum Gasteiger partial charge on any atom is -0.335 e. The summed E-state index contributed by atoms with van der Waals surface area (Å²) in [5.41, 5.74) is -0.110. The van der Waals surface area contributed by atoms with E-state index < -0.39 is 17.8 Å². The lowest BCUT2D eigenvalue weighted by atomic mass is 9.81. The Labute approximate surface area is 255 Å². The Morgan fingerprint density at radius 2 is 1.77 bits per heavy atom. The van der Waals surface area contributed by atoms with Crippen LogP contribution < -0.4 is 16.0 Å². The smallest absolute Gasteiger partial charge is 0.335 e. The highest BCUT2D eigenvalue weighted by atomic mass is 35.5. The largest absolute Gasteiger partial charge is 0.435 e. The Balaban J connectivity index is 1.12. The van der Waals surface area contributed by atoms with E-state index in [1.807, 2.05) is 0 Å². The molecule has 4 heterocycles. The Hall–Kier alpha value is -4.11. The van der Waals surface area contributed by atoms with Crippen LogP contribution in [0.1, 0.15) is 57.5 Å². The van der Waals surface area contributed by atoms with Crippen LogP contribution in [0, 0.1) is 0 Å². The quantitative estimate of drug-likeness (QED) is 0.328. The van der Waals surface area contributed by atoms with Crippen LogP contribution in [0.25, 0.3) is 11.3 Å². The van der Waals surface area contributed by atoms with Gasteiger partial charge in [0, 0.05) is 63.6 Å². The van der Waals surface area contributed by atoms with Crippen molar-refractivity contribution in [3.8, 4) is 11.3 Å². The molecule has 6 rings (SSSR count). The Morgan fingerprint density at radius 1 is 1.07 bits per heavy atom. The molecule has 1 saturated carbocycles. The zero-order valence-corrected chi connectivity index (χ0v) is 24.6. The number of H-pyrrole nitrogens is 1. The molecule has 1 aromatic carbocycles. The van der Waals surface area contributed by atoms with Crippen molar-refractivity contribution in [3.05, 3.63) is 52.2 Å². The SMILES string of the molecule is Cn1c(-c2c(C(F)(F)F)n[nH]c2C2CCC2)cnc1C(=O)Nc1ccc(C(=O)N2CCN(C(=O)NC3CNC3)CC2)c(Cl)c1. The standard InChI is InChI=1S/C28H31ClF3N9O3/c1-39-20(21-22(15-3-2-4-15)37-38-23(21)28(30,31)32)14-34-24(39)25(42)35-16-5-6-18(19(29)11-16)26(43)40-7-9-41(10-8-40)27(44)36-17-12-33-13-17/h5-6,11,14-15,17,33H,2-4,7-10,12-13H2,1H3,(H,35,42)(H,36,44)(H,37,38). The number of carbonyl (C=O) groups excluding carboxylic acids is 3. The number of anilines is 1. The second kappa shape index (κ2) is 11.8. The van der Waals surface area contributed by atoms with Crippen LogP contribution in [-0.4, -0.2) is 92.7 Å². The topological polar surface area (TPSA) is 140 Å². The molecule has 2 aromatic heterocycles. The first-order valence-electron chi connectivity index (χ1n) is 14.3. The van der Waals surface area contributed by atoms with E-state index in [0.29, 0.717) is 31.9 Å². The molecule has 0 bridgehead atoms. The number of carbonyl (C=O) groups is 3. The number of alkyl halides is 3. The van der Waals surface area contributed by atoms with Crippen molar-refractivity contribution in [2.45, 2.75) is 37.4 Å². The number of benzene rings is 1. The van der Waals surface area contributed by atoms with Crippen molar-refractivity contribution in [3.63, 3.8) is 0 Å². The van der Waals surface area contributed by atoms with Crippen LogP contribution in [-0.2, 0) is 13.2 Å². The Kier molecular flexibility index (Phi) is 8.01. The summed E-state index contributed by atoms with van der Waals surface area (Å²) < 4.78 is 42.8. The summed E-state index contributed by atoms with van der Waals surface area (Å²) in [4.78, 5) is 46.1. The first-order chi connectivity index (χ1) is 21.0. The first kappa shape index (κ1) is 29.9. The predicted molar refractivity (Wildman–Crippen MR) is 154 cm³/mol. The van der Waals surface area contributed by atoms with E-state index in [-0.39, 0.29) is 57.3 Å². The monoisotopic (exact) mass is 633 g/mol. The molecule has 3 fully saturated rings. The van der Waals surface area contributed by atoms with E-state index in [4.69, 9.17) is 11.6 Å². The van der Waals surface area contributed by atoms with Gasteiger partial charge >= 0.3 is 12.2 Å². The second-order valence-electron chi connectivity index (χ2n) is 11.2. The summed E-state index contributed by atoms with van der Waals surface area (Å²) in [5, 5.41) is 15.0. The number of rotatable bonds is 6. The van der Waals surface area contributed by atoms with Gasteiger partial charge in [-0.15, -0.1) is 0 Å². The number of piperazine rings is 1. The summed E-state index contributed by atoms with van der Waals surface area (Å²) in [7, 11) is 1.47. The summed E-state index contributed by atoms with van der Waals surface area (Å²) >= 11 is 6.44. The van der Waals surface area contributed by atoms with Crippen LogP contribution in [0.2, 0.25) is 5.02 Å². The molecule has 0 spiro atoms. The number of aromatic nitrogens is 4. The Morgan fingerprint density at radius 3 is 2.36 bits per heavy atom. The lowest BCUT2D eigenvalue weighted by molar-refractivity contribution is -0.140. The number of nitrogens with zero attached hydrogens (tertiary/aromatic N) is 5. The van der Waals surface area contributed by atoms with E-state index in [0.717, 1.165) is 32.4 Å². The third-order valence-electron chi connectivity index (χ3n) is 8.44. The molecule has 4 N–H and O–H groups in total. The van der Waals surface area contributed by atoms with Crippen LogP contribution in [0.5, 0.6) is 0 Å². The fourth-order valence-electron chi connectivity index (χ4n) is 5.56. The Bertz CT molecular complexity index is 1590. The van der Waals surface area contributed by atoms with Crippen molar-refractivity contribution in [1.82, 2.24) is 40.2 Å². The molecule has 0 radical (unpaired) electrons. The molecule has 0 unspecified atom stereocenters. The van der Waals surface area contributed by atoms with Crippen molar-refractivity contribution in [2.75, 3.05) is 44.6 Å². The molecule has 3 aromatic rings. The van der Waals surface area contributed by atoms with Crippen molar-refractivity contribution < 1.29 is 27.6 Å². The van der Waals surface area contributed by atoms with Crippen LogP contribution in [0.4, 0.5) is 23.7 Å². The van der Waals surface area contributed by atoms with Gasteiger partial charge in [0.15, 0.2) is 11.5 Å². The number of urea groups is 1. The third kappa shape index (κ3) is 5.73. The number of hydrogen-bond donors (Lipinski definition) is 4. The van der Waals surface area contributed by atoms with Gasteiger partial charge in [-0.3, -0.25) is 14.7 Å². The van der Waals surface area contributed by atoms with Crippen LogP contribution in [0.3, 0.4) is 0 Å². The normalized spacial score (nSPS) is 17.7. The predicted octanol–water partition coefficient (Wildman–Crippen LogP) is 3.44. The number of imidazole rings is 1. The van der Waals surface area contributed by atoms with Crippen molar-refractivity contribution in [2.24, 2.45) is 7.05 Å². The van der Waals surface area contributed by atoms with Crippen molar-refractivity contribution in [1.29, 1.82) is 0 Å². The van der Waals surface area contributed by atoms with Gasteiger partial charge in [-0.25, -0.2) is 9.78 Å². The third-order valence-corrected chi connectivity index (χ3v) is 8.76. The average Bonchev–Trinajstić information content (AvgIpc) is 3.53. The highest BCUT2D eigenvalue weighted by molar-refractivity contribution is 6.34. The van der Waals surface area contributed by atoms with Gasteiger partial charge in [0.2, 0.25) is 0 Å². The zero-order chi connectivity index (χ0) is 31.2. The molecule has 12 nitrogen and oxygen atoms in total. The molecule has 0 atom stereocenters. The van der Waals surface area contributed by atoms with Gasteiger partial charge in [0.05, 0.1) is 34.1 Å². The van der Waals surface area contributed by atoms with Crippen LogP contribution in [0.15, 0.2) is 24.4 Å². The first-order valence-corrected chi connectivity index (χ1v) is 14.7. The number of nitrogens with one attached hydrogen (secondary N) is 4. The van der Waals surface area contributed by atoms with Gasteiger partial charge in [0.1, 0.15) is 0 Å². The molecule has 16 heteroatoms. The molecule has 4 amide bonds. The van der Waals surface area contributed by atoms with Gasteiger partial charge < -0.3 is 30.3 Å². The van der Waals surface area contributed by atoms with E-state index >= 15 is 0 Å². The van der Waals surface area contributed by atoms with Crippen LogP contribution >= 0.6 is 11.6 Å². The highest BCUT2D eigenvalue weighted by Crippen LogP contribution is 2.45. The fraction of sp³-hybridized carbons (Fsp3) is 0.464. The van der Waals surface area contributed by atoms with E-state index in [1.165, 1.54) is 36.0 Å². The average molecular weight is 634 g/mol. The minimum absolute atomic E-state index is 0.0674. The summed E-state index contributed by atoms with van der Waals surface area (Å²) in [6.07, 6.45) is -1.03. The number of halogens is 4. The minimum atomic E-state index is -4.69. The van der Waals surface area contributed by atoms with Gasteiger partial charge in [-0.05, 0) is 31.0 Å². The molecule has 3 aliphatic rings. The van der Waals surface area contributed by atoms with Gasteiger partial charge in [-0.2, -0.15) is 18.3 Å². The maximum absolute atomic E-state index is 13.8. The van der Waals surface area contributed by atoms with Gasteiger partial charge in [0.25, 0.3) is 11.8 Å². The maximum atomic E-state index is 13.8. The fourth-order valence-corrected chi connectivity index (χ4v) is 5.82. The molecule has 2 saturated heterocycles. The second-order valence-corrected chi connectivity index (χ2v) is 11.7. The van der Waals surface area contributed by atoms with Crippen molar-refractivity contribution >= 4 is 35.1 Å². The summed E-state index contributed by atoms with van der Waals surface area (Å²) in [6, 6.07) is 4.43. The van der Waals surface area contributed by atoms with E-state index in [9.17, 15) is 27.6 Å². The molecule has 44 heavy (non-hydrogen) atoms. The zero-order valence-electron chi connectivity index (χ0n) is 23.8. The maximum Gasteiger partial charge on any atom is 0.435 e. The number of amides is 4. The molecule has 1 aliphatic carbocycles. The number of hydrogen-bond acceptors (Lipinski definition) is 6.